The minimum Gasteiger partial charge on any atom is -0.326 e. The van der Waals surface area contributed by atoms with Crippen molar-refractivity contribution in [1.29, 1.82) is 0 Å². The predicted molar refractivity (Wildman–Crippen MR) is 90.9 cm³/mol. The summed E-state index contributed by atoms with van der Waals surface area (Å²) in [5.74, 6) is 1.99. The van der Waals surface area contributed by atoms with E-state index < -0.39 is 0 Å². The van der Waals surface area contributed by atoms with Crippen LogP contribution in [-0.4, -0.2) is 34.1 Å². The van der Waals surface area contributed by atoms with Crippen LogP contribution < -0.4 is 0 Å². The smallest absolute Gasteiger partial charge is 0.0961 e. The van der Waals surface area contributed by atoms with Gasteiger partial charge in [0.25, 0.3) is 0 Å². The fourth-order valence-electron chi connectivity index (χ4n) is 4.63. The molecular formula is C19H27N3. The van der Waals surface area contributed by atoms with Gasteiger partial charge in [-0.05, 0) is 50.3 Å². The molecule has 3 atom stereocenters. The van der Waals surface area contributed by atoms with Gasteiger partial charge in [-0.3, -0.25) is 0 Å². The monoisotopic (exact) mass is 297 g/mol. The standard InChI is InChI=1S/C19H27N3/c1-15(22-14-20-18-8-4-5-9-19(18)22)12-21-11-10-16-6-2-3-7-17(16)13-21/h4-5,8-9,14-17H,2-3,6-7,10-13H2,1H3/t15-,16+,17-/m1/s1. The highest BCUT2D eigenvalue weighted by atomic mass is 15.2. The maximum absolute atomic E-state index is 4.54. The molecule has 22 heavy (non-hydrogen) atoms. The van der Waals surface area contributed by atoms with Gasteiger partial charge in [0, 0.05) is 19.1 Å². The van der Waals surface area contributed by atoms with Crippen LogP contribution in [0.1, 0.15) is 45.1 Å². The molecule has 0 N–H and O–H groups in total. The number of nitrogens with zero attached hydrogens (tertiary/aromatic N) is 3. The third-order valence-corrected chi connectivity index (χ3v) is 5.85. The van der Waals surface area contributed by atoms with Gasteiger partial charge in [-0.25, -0.2) is 4.98 Å². The van der Waals surface area contributed by atoms with Crippen LogP contribution in [-0.2, 0) is 0 Å². The van der Waals surface area contributed by atoms with E-state index in [1.54, 1.807) is 0 Å². The Hall–Kier alpha value is -1.35. The van der Waals surface area contributed by atoms with E-state index in [1.165, 1.54) is 50.7 Å². The van der Waals surface area contributed by atoms with Crippen LogP contribution >= 0.6 is 0 Å². The SMILES string of the molecule is C[C@H](CN1CC[C@@H]2CCCC[C@@H]2C1)n1cnc2ccccc21. The van der Waals surface area contributed by atoms with Crippen LogP contribution in [0.2, 0.25) is 0 Å². The zero-order valence-electron chi connectivity index (χ0n) is 13.6. The minimum absolute atomic E-state index is 0.493. The van der Waals surface area contributed by atoms with E-state index in [-0.39, 0.29) is 0 Å². The average molecular weight is 297 g/mol. The molecule has 0 bridgehead atoms. The number of para-hydroxylation sites is 2. The second-order valence-corrected chi connectivity index (χ2v) is 7.34. The predicted octanol–water partition coefficient (Wildman–Crippen LogP) is 4.11. The first-order valence-corrected chi connectivity index (χ1v) is 8.95. The molecule has 4 rings (SSSR count). The largest absolute Gasteiger partial charge is 0.326 e. The van der Waals surface area contributed by atoms with E-state index >= 15 is 0 Å². The topological polar surface area (TPSA) is 21.1 Å². The lowest BCUT2D eigenvalue weighted by Crippen LogP contribution is -2.43. The molecule has 0 amide bonds. The van der Waals surface area contributed by atoms with Crippen molar-refractivity contribution in [1.82, 2.24) is 14.5 Å². The van der Waals surface area contributed by atoms with Crippen LogP contribution in [0.4, 0.5) is 0 Å². The average Bonchev–Trinajstić information content (AvgIpc) is 2.99. The van der Waals surface area contributed by atoms with Gasteiger partial charge in [-0.1, -0.05) is 31.4 Å². The summed E-state index contributed by atoms with van der Waals surface area (Å²) in [5.41, 5.74) is 2.38. The Morgan fingerprint density at radius 2 is 1.95 bits per heavy atom. The lowest BCUT2D eigenvalue weighted by Gasteiger charge is -2.42. The Bertz CT molecular complexity index is 632. The number of rotatable bonds is 3. The summed E-state index contributed by atoms with van der Waals surface area (Å²) in [6, 6.07) is 8.96. The Balaban J connectivity index is 1.44. The van der Waals surface area contributed by atoms with Crippen LogP contribution in [0.5, 0.6) is 0 Å². The molecule has 1 saturated heterocycles. The van der Waals surface area contributed by atoms with E-state index in [0.717, 1.165) is 23.9 Å². The van der Waals surface area contributed by atoms with Crippen molar-refractivity contribution < 1.29 is 0 Å². The maximum Gasteiger partial charge on any atom is 0.0961 e. The van der Waals surface area contributed by atoms with Gasteiger partial charge in [-0.15, -0.1) is 0 Å². The van der Waals surface area contributed by atoms with Crippen LogP contribution in [0.15, 0.2) is 30.6 Å². The summed E-state index contributed by atoms with van der Waals surface area (Å²) in [7, 11) is 0. The van der Waals surface area contributed by atoms with E-state index in [2.05, 4.69) is 45.6 Å². The van der Waals surface area contributed by atoms with Gasteiger partial charge in [-0.2, -0.15) is 0 Å². The van der Waals surface area contributed by atoms with Crippen LogP contribution in [0.3, 0.4) is 0 Å². The van der Waals surface area contributed by atoms with Gasteiger partial charge in [0.15, 0.2) is 0 Å². The lowest BCUT2D eigenvalue weighted by molar-refractivity contribution is 0.0787. The Morgan fingerprint density at radius 3 is 2.86 bits per heavy atom. The van der Waals surface area contributed by atoms with E-state index in [9.17, 15) is 0 Å². The zero-order valence-corrected chi connectivity index (χ0v) is 13.6. The summed E-state index contributed by atoms with van der Waals surface area (Å²) >= 11 is 0. The number of piperidine rings is 1. The molecule has 2 aromatic rings. The Morgan fingerprint density at radius 1 is 1.14 bits per heavy atom. The summed E-state index contributed by atoms with van der Waals surface area (Å²) in [6.07, 6.45) is 9.31. The molecule has 2 aliphatic rings. The summed E-state index contributed by atoms with van der Waals surface area (Å²) in [4.78, 5) is 7.24. The third kappa shape index (κ3) is 2.67. The van der Waals surface area contributed by atoms with Crippen molar-refractivity contribution in [3.8, 4) is 0 Å². The van der Waals surface area contributed by atoms with Gasteiger partial charge in [0.1, 0.15) is 0 Å². The van der Waals surface area contributed by atoms with E-state index in [0.29, 0.717) is 6.04 Å². The molecule has 3 nitrogen and oxygen atoms in total. The van der Waals surface area contributed by atoms with Crippen LogP contribution in [0.25, 0.3) is 11.0 Å². The molecule has 118 valence electrons. The number of imidazole rings is 1. The molecular weight excluding hydrogens is 270 g/mol. The summed E-state index contributed by atoms with van der Waals surface area (Å²) in [5, 5.41) is 0. The first kappa shape index (κ1) is 14.3. The van der Waals surface area contributed by atoms with Crippen LogP contribution in [0, 0.1) is 11.8 Å². The minimum atomic E-state index is 0.493. The lowest BCUT2D eigenvalue weighted by atomic mass is 9.75. The molecule has 1 aliphatic carbocycles. The quantitative estimate of drug-likeness (QED) is 0.850. The van der Waals surface area contributed by atoms with Crippen molar-refractivity contribution in [2.24, 2.45) is 11.8 Å². The second-order valence-electron chi connectivity index (χ2n) is 7.34. The number of benzene rings is 1. The Kier molecular flexibility index (Phi) is 3.91. The van der Waals surface area contributed by atoms with Crippen molar-refractivity contribution in [2.45, 2.75) is 45.1 Å². The molecule has 1 saturated carbocycles. The molecule has 1 aliphatic heterocycles. The highest BCUT2D eigenvalue weighted by Crippen LogP contribution is 2.36. The fraction of sp³-hybridized carbons (Fsp3) is 0.632. The number of likely N-dealkylation sites (tertiary alicyclic amines) is 1. The van der Waals surface area contributed by atoms with Crippen molar-refractivity contribution >= 4 is 11.0 Å². The molecule has 0 spiro atoms. The van der Waals surface area contributed by atoms with E-state index in [1.807, 2.05) is 6.33 Å². The summed E-state index contributed by atoms with van der Waals surface area (Å²) in [6.45, 7) is 6.10. The highest BCUT2D eigenvalue weighted by molar-refractivity contribution is 5.75. The van der Waals surface area contributed by atoms with Crippen molar-refractivity contribution in [2.75, 3.05) is 19.6 Å². The first-order valence-electron chi connectivity index (χ1n) is 8.95. The number of aromatic nitrogens is 2. The second kappa shape index (κ2) is 6.04. The third-order valence-electron chi connectivity index (χ3n) is 5.85. The summed E-state index contributed by atoms with van der Waals surface area (Å²) < 4.78 is 2.35. The van der Waals surface area contributed by atoms with E-state index in [4.69, 9.17) is 0 Å². The van der Waals surface area contributed by atoms with Crippen molar-refractivity contribution in [3.63, 3.8) is 0 Å². The molecule has 2 heterocycles. The Labute approximate surface area is 133 Å². The molecule has 1 aromatic carbocycles. The molecule has 1 aromatic heterocycles. The first-order chi connectivity index (χ1) is 10.8. The fourth-order valence-corrected chi connectivity index (χ4v) is 4.63. The maximum atomic E-state index is 4.54. The molecule has 0 radical (unpaired) electrons. The normalized spacial score (nSPS) is 27.7. The molecule has 0 unspecified atom stereocenters. The molecule has 3 heteroatoms. The number of hydrogen-bond acceptors (Lipinski definition) is 2. The van der Waals surface area contributed by atoms with Gasteiger partial charge in [0.05, 0.1) is 17.4 Å². The molecule has 2 fully saturated rings. The zero-order chi connectivity index (χ0) is 14.9. The number of fused-ring (bicyclic) bond motifs is 2. The van der Waals surface area contributed by atoms with Gasteiger partial charge in [0.2, 0.25) is 0 Å². The van der Waals surface area contributed by atoms with Gasteiger partial charge < -0.3 is 9.47 Å². The highest BCUT2D eigenvalue weighted by Gasteiger charge is 2.31. The van der Waals surface area contributed by atoms with Crippen molar-refractivity contribution in [3.05, 3.63) is 30.6 Å². The van der Waals surface area contributed by atoms with Gasteiger partial charge >= 0.3 is 0 Å². The number of hydrogen-bond donors (Lipinski definition) is 0.